The first kappa shape index (κ1) is 14.1. The van der Waals surface area contributed by atoms with Crippen molar-refractivity contribution in [1.29, 1.82) is 0 Å². The first-order valence-electron chi connectivity index (χ1n) is 6.18. The highest BCUT2D eigenvalue weighted by atomic mass is 16.5. The van der Waals surface area contributed by atoms with Crippen LogP contribution in [0.2, 0.25) is 0 Å². The summed E-state index contributed by atoms with van der Waals surface area (Å²) in [6.45, 7) is 0.441. The molecule has 0 atom stereocenters. The van der Waals surface area contributed by atoms with E-state index in [1.54, 1.807) is 33.7 Å². The lowest BCUT2D eigenvalue weighted by Crippen LogP contribution is -1.99. The Morgan fingerprint density at radius 3 is 2.35 bits per heavy atom. The second kappa shape index (κ2) is 6.25. The first-order valence-corrected chi connectivity index (χ1v) is 6.18. The van der Waals surface area contributed by atoms with Gasteiger partial charge in [0, 0.05) is 30.1 Å². The van der Waals surface area contributed by atoms with Crippen LogP contribution in [0.3, 0.4) is 0 Å². The van der Waals surface area contributed by atoms with Crippen molar-refractivity contribution in [2.45, 2.75) is 6.54 Å². The second-order valence-corrected chi connectivity index (χ2v) is 4.17. The molecule has 2 rings (SSSR count). The molecule has 1 heterocycles. The highest BCUT2D eigenvalue weighted by molar-refractivity contribution is 5.76. The van der Waals surface area contributed by atoms with Crippen LogP contribution in [0.15, 0.2) is 30.6 Å². The smallest absolute Gasteiger partial charge is 0.203 e. The number of aromatic nitrogens is 1. The van der Waals surface area contributed by atoms with E-state index in [0.717, 1.165) is 16.7 Å². The number of nitrogens with zero attached hydrogens (tertiary/aromatic N) is 1. The van der Waals surface area contributed by atoms with Gasteiger partial charge in [0.1, 0.15) is 0 Å². The third-order valence-electron chi connectivity index (χ3n) is 3.05. The SMILES string of the molecule is COc1ccc(-c2cncc(CN)c2)c(OC)c1OC. The van der Waals surface area contributed by atoms with Gasteiger partial charge < -0.3 is 19.9 Å². The van der Waals surface area contributed by atoms with Crippen LogP contribution < -0.4 is 19.9 Å². The minimum absolute atomic E-state index is 0.441. The predicted molar refractivity (Wildman–Crippen MR) is 77.2 cm³/mol. The van der Waals surface area contributed by atoms with Crippen molar-refractivity contribution in [3.05, 3.63) is 36.2 Å². The van der Waals surface area contributed by atoms with Gasteiger partial charge in [-0.15, -0.1) is 0 Å². The van der Waals surface area contributed by atoms with E-state index in [9.17, 15) is 0 Å². The largest absolute Gasteiger partial charge is 0.493 e. The van der Waals surface area contributed by atoms with E-state index in [4.69, 9.17) is 19.9 Å². The normalized spacial score (nSPS) is 10.2. The molecule has 5 nitrogen and oxygen atoms in total. The Balaban J connectivity index is 2.61. The molecule has 5 heteroatoms. The molecular formula is C15H18N2O3. The zero-order chi connectivity index (χ0) is 14.5. The van der Waals surface area contributed by atoms with Gasteiger partial charge in [-0.3, -0.25) is 4.98 Å². The quantitative estimate of drug-likeness (QED) is 0.905. The molecule has 0 saturated carbocycles. The molecule has 0 fully saturated rings. The van der Waals surface area contributed by atoms with Crippen molar-refractivity contribution in [3.8, 4) is 28.4 Å². The fourth-order valence-electron chi connectivity index (χ4n) is 2.08. The molecule has 0 amide bonds. The molecule has 0 radical (unpaired) electrons. The van der Waals surface area contributed by atoms with Crippen LogP contribution >= 0.6 is 0 Å². The number of rotatable bonds is 5. The van der Waals surface area contributed by atoms with Gasteiger partial charge in [0.2, 0.25) is 5.75 Å². The third-order valence-corrected chi connectivity index (χ3v) is 3.05. The summed E-state index contributed by atoms with van der Waals surface area (Å²) in [5, 5.41) is 0. The van der Waals surface area contributed by atoms with Gasteiger partial charge in [-0.2, -0.15) is 0 Å². The molecule has 2 aromatic rings. The Kier molecular flexibility index (Phi) is 4.42. The third kappa shape index (κ3) is 2.53. The summed E-state index contributed by atoms with van der Waals surface area (Å²) in [5.41, 5.74) is 8.42. The van der Waals surface area contributed by atoms with Crippen LogP contribution in [0.5, 0.6) is 17.2 Å². The Morgan fingerprint density at radius 2 is 1.75 bits per heavy atom. The summed E-state index contributed by atoms with van der Waals surface area (Å²) in [7, 11) is 4.77. The van der Waals surface area contributed by atoms with Gasteiger partial charge in [-0.25, -0.2) is 0 Å². The molecular weight excluding hydrogens is 256 g/mol. The molecule has 0 aliphatic rings. The Hall–Kier alpha value is -2.27. The van der Waals surface area contributed by atoms with Crippen molar-refractivity contribution in [2.24, 2.45) is 5.73 Å². The van der Waals surface area contributed by atoms with E-state index in [1.165, 1.54) is 0 Å². The molecule has 0 bridgehead atoms. The van der Waals surface area contributed by atoms with Gasteiger partial charge in [-0.05, 0) is 23.8 Å². The Bertz CT molecular complexity index is 600. The molecule has 20 heavy (non-hydrogen) atoms. The molecule has 2 N–H and O–H groups in total. The van der Waals surface area contributed by atoms with E-state index in [2.05, 4.69) is 4.98 Å². The number of nitrogens with two attached hydrogens (primary N) is 1. The predicted octanol–water partition coefficient (Wildman–Crippen LogP) is 2.23. The number of ether oxygens (including phenoxy) is 3. The van der Waals surface area contributed by atoms with E-state index in [0.29, 0.717) is 23.8 Å². The molecule has 0 saturated heterocycles. The van der Waals surface area contributed by atoms with Gasteiger partial charge in [-0.1, -0.05) is 0 Å². The minimum atomic E-state index is 0.441. The highest BCUT2D eigenvalue weighted by Crippen LogP contribution is 2.44. The van der Waals surface area contributed by atoms with Gasteiger partial charge in [0.05, 0.1) is 21.3 Å². The highest BCUT2D eigenvalue weighted by Gasteiger charge is 2.17. The molecule has 0 unspecified atom stereocenters. The maximum atomic E-state index is 5.65. The molecule has 106 valence electrons. The van der Waals surface area contributed by atoms with Crippen molar-refractivity contribution >= 4 is 0 Å². The van der Waals surface area contributed by atoms with Crippen molar-refractivity contribution in [2.75, 3.05) is 21.3 Å². The fourth-order valence-corrected chi connectivity index (χ4v) is 2.08. The Labute approximate surface area is 118 Å². The number of benzene rings is 1. The lowest BCUT2D eigenvalue weighted by atomic mass is 10.0. The van der Waals surface area contributed by atoms with Crippen molar-refractivity contribution in [1.82, 2.24) is 4.98 Å². The first-order chi connectivity index (χ1) is 9.74. The van der Waals surface area contributed by atoms with E-state index in [1.807, 2.05) is 18.2 Å². The fraction of sp³-hybridized carbons (Fsp3) is 0.267. The summed E-state index contributed by atoms with van der Waals surface area (Å²) < 4.78 is 16.1. The molecule has 0 spiro atoms. The molecule has 0 aliphatic heterocycles. The second-order valence-electron chi connectivity index (χ2n) is 4.17. The maximum absolute atomic E-state index is 5.65. The zero-order valence-corrected chi connectivity index (χ0v) is 11.8. The van der Waals surface area contributed by atoms with Crippen LogP contribution in [0.1, 0.15) is 5.56 Å². The van der Waals surface area contributed by atoms with Crippen LogP contribution in [0.25, 0.3) is 11.1 Å². The molecule has 1 aromatic heterocycles. The maximum Gasteiger partial charge on any atom is 0.203 e. The van der Waals surface area contributed by atoms with Crippen LogP contribution in [0.4, 0.5) is 0 Å². The number of pyridine rings is 1. The molecule has 0 aliphatic carbocycles. The lowest BCUT2D eigenvalue weighted by molar-refractivity contribution is 0.325. The number of methoxy groups -OCH3 is 3. The van der Waals surface area contributed by atoms with E-state index < -0.39 is 0 Å². The number of hydrogen-bond acceptors (Lipinski definition) is 5. The summed E-state index contributed by atoms with van der Waals surface area (Å²) in [6.07, 6.45) is 3.51. The summed E-state index contributed by atoms with van der Waals surface area (Å²) in [5.74, 6) is 1.80. The van der Waals surface area contributed by atoms with Gasteiger partial charge in [0.15, 0.2) is 11.5 Å². The van der Waals surface area contributed by atoms with Crippen LogP contribution in [-0.2, 0) is 6.54 Å². The zero-order valence-electron chi connectivity index (χ0n) is 11.8. The lowest BCUT2D eigenvalue weighted by Gasteiger charge is -2.16. The standard InChI is InChI=1S/C15H18N2O3/c1-18-13-5-4-12(14(19-2)15(13)20-3)11-6-10(7-16)8-17-9-11/h4-6,8-9H,7,16H2,1-3H3. The average Bonchev–Trinajstić information content (AvgIpc) is 2.53. The van der Waals surface area contributed by atoms with Crippen molar-refractivity contribution < 1.29 is 14.2 Å². The van der Waals surface area contributed by atoms with Gasteiger partial charge >= 0.3 is 0 Å². The summed E-state index contributed by atoms with van der Waals surface area (Å²) in [6, 6.07) is 5.74. The van der Waals surface area contributed by atoms with Crippen LogP contribution in [-0.4, -0.2) is 26.3 Å². The van der Waals surface area contributed by atoms with Crippen molar-refractivity contribution in [3.63, 3.8) is 0 Å². The number of hydrogen-bond donors (Lipinski definition) is 1. The van der Waals surface area contributed by atoms with Crippen LogP contribution in [0, 0.1) is 0 Å². The Morgan fingerprint density at radius 1 is 1.00 bits per heavy atom. The summed E-state index contributed by atoms with van der Waals surface area (Å²) >= 11 is 0. The van der Waals surface area contributed by atoms with Gasteiger partial charge in [0.25, 0.3) is 0 Å². The minimum Gasteiger partial charge on any atom is -0.493 e. The average molecular weight is 274 g/mol. The topological polar surface area (TPSA) is 66.6 Å². The molecule has 1 aromatic carbocycles. The summed E-state index contributed by atoms with van der Waals surface area (Å²) in [4.78, 5) is 4.20. The van der Waals surface area contributed by atoms with E-state index in [-0.39, 0.29) is 0 Å². The van der Waals surface area contributed by atoms with E-state index >= 15 is 0 Å². The monoisotopic (exact) mass is 274 g/mol.